The van der Waals surface area contributed by atoms with Crippen LogP contribution in [-0.2, 0) is 11.5 Å². The van der Waals surface area contributed by atoms with E-state index in [1.165, 1.54) is 0 Å². The molecule has 0 spiro atoms. The maximum Gasteiger partial charge on any atom is 0.358 e. The summed E-state index contributed by atoms with van der Waals surface area (Å²) >= 11 is 1.64. The molecule has 2 heterocycles. The molecule has 2 rings (SSSR count). The highest BCUT2D eigenvalue weighted by molar-refractivity contribution is 7.98. The zero-order valence-corrected chi connectivity index (χ0v) is 6.35. The van der Waals surface area contributed by atoms with Crippen LogP contribution in [-0.4, -0.2) is 16.2 Å². The number of hydrogen-bond donors (Lipinski definition) is 1. The molecule has 0 aliphatic carbocycles. The zero-order valence-electron chi connectivity index (χ0n) is 5.53. The van der Waals surface area contributed by atoms with Crippen molar-refractivity contribution < 1.29 is 14.4 Å². The number of carbonyl (C=O) groups is 1. The van der Waals surface area contributed by atoms with E-state index >= 15 is 0 Å². The molecular weight excluding hydrogens is 166 g/mol. The van der Waals surface area contributed by atoms with Gasteiger partial charge in [-0.2, -0.15) is 0 Å². The lowest BCUT2D eigenvalue weighted by molar-refractivity contribution is 0.0685. The maximum atomic E-state index is 10.5. The lowest BCUT2D eigenvalue weighted by Gasteiger charge is -1.86. The van der Waals surface area contributed by atoms with Crippen LogP contribution in [0, 0.1) is 0 Å². The Morgan fingerprint density at radius 3 is 3.18 bits per heavy atom. The number of rotatable bonds is 1. The quantitative estimate of drug-likeness (QED) is 0.685. The molecule has 58 valence electrons. The van der Waals surface area contributed by atoms with Crippen molar-refractivity contribution in [1.82, 2.24) is 5.16 Å². The Bertz CT molecular complexity index is 307. The van der Waals surface area contributed by atoms with Crippen LogP contribution < -0.4 is 0 Å². The van der Waals surface area contributed by atoms with Gasteiger partial charge in [0.05, 0.1) is 5.75 Å². The average Bonchev–Trinajstić information content (AvgIpc) is 2.41. The summed E-state index contributed by atoms with van der Waals surface area (Å²) in [4.78, 5) is 10.5. The fraction of sp³-hybridized carbons (Fsp3) is 0.333. The molecule has 0 bridgehead atoms. The van der Waals surface area contributed by atoms with E-state index in [-0.39, 0.29) is 5.69 Å². The number of aromatic nitrogens is 1. The van der Waals surface area contributed by atoms with Gasteiger partial charge in [-0.05, 0) is 0 Å². The van der Waals surface area contributed by atoms with Gasteiger partial charge in [0.1, 0.15) is 0 Å². The molecule has 0 amide bonds. The minimum absolute atomic E-state index is 0.0741. The standard InChI is InChI=1S/C6H5NO3S/c8-6(9)5-3-1-11-2-4(3)10-7-5/h1-2H2,(H,8,9). The van der Waals surface area contributed by atoms with Crippen molar-refractivity contribution in [3.63, 3.8) is 0 Å². The van der Waals surface area contributed by atoms with Gasteiger partial charge < -0.3 is 9.63 Å². The second kappa shape index (κ2) is 2.27. The molecule has 0 saturated carbocycles. The van der Waals surface area contributed by atoms with Gasteiger partial charge in [-0.15, -0.1) is 11.8 Å². The number of aromatic carboxylic acids is 1. The fourth-order valence-corrected chi connectivity index (χ4v) is 2.04. The molecule has 0 saturated heterocycles. The summed E-state index contributed by atoms with van der Waals surface area (Å²) in [6.07, 6.45) is 0. The molecule has 0 unspecified atom stereocenters. The van der Waals surface area contributed by atoms with Crippen molar-refractivity contribution in [2.75, 3.05) is 0 Å². The minimum atomic E-state index is -1.00. The van der Waals surface area contributed by atoms with E-state index < -0.39 is 5.97 Å². The molecule has 1 aliphatic heterocycles. The third-order valence-electron chi connectivity index (χ3n) is 1.55. The summed E-state index contributed by atoms with van der Waals surface area (Å²) in [5, 5.41) is 12.1. The molecule has 11 heavy (non-hydrogen) atoms. The normalized spacial score (nSPS) is 14.9. The maximum absolute atomic E-state index is 10.5. The predicted molar refractivity (Wildman–Crippen MR) is 38.5 cm³/mol. The van der Waals surface area contributed by atoms with Crippen molar-refractivity contribution in [3.8, 4) is 0 Å². The lowest BCUT2D eigenvalue weighted by atomic mass is 10.2. The van der Waals surface area contributed by atoms with Crippen molar-refractivity contribution in [2.24, 2.45) is 0 Å². The number of hydrogen-bond acceptors (Lipinski definition) is 4. The van der Waals surface area contributed by atoms with Gasteiger partial charge in [0, 0.05) is 11.3 Å². The summed E-state index contributed by atoms with van der Waals surface area (Å²) < 4.78 is 4.82. The summed E-state index contributed by atoms with van der Waals surface area (Å²) in [6, 6.07) is 0. The topological polar surface area (TPSA) is 63.3 Å². The van der Waals surface area contributed by atoms with Crippen LogP contribution in [0.4, 0.5) is 0 Å². The molecule has 4 nitrogen and oxygen atoms in total. The predicted octanol–water partition coefficient (Wildman–Crippen LogP) is 1.12. The van der Waals surface area contributed by atoms with Gasteiger partial charge in [0.25, 0.3) is 0 Å². The number of nitrogens with zero attached hydrogens (tertiary/aromatic N) is 1. The Hall–Kier alpha value is -0.970. The first-order valence-corrected chi connectivity index (χ1v) is 4.23. The van der Waals surface area contributed by atoms with E-state index in [0.717, 1.165) is 11.3 Å². The number of thioether (sulfide) groups is 1. The average molecular weight is 171 g/mol. The lowest BCUT2D eigenvalue weighted by Crippen LogP contribution is -1.99. The third kappa shape index (κ3) is 0.920. The first-order valence-electron chi connectivity index (χ1n) is 3.07. The number of carboxylic acids is 1. The summed E-state index contributed by atoms with van der Waals surface area (Å²) in [6.45, 7) is 0. The fourth-order valence-electron chi connectivity index (χ4n) is 1.02. The van der Waals surface area contributed by atoms with Gasteiger partial charge in [-0.3, -0.25) is 0 Å². The highest BCUT2D eigenvalue weighted by Gasteiger charge is 2.25. The molecule has 0 atom stereocenters. The molecular formula is C6H5NO3S. The number of carboxylic acid groups (broad SMARTS) is 1. The van der Waals surface area contributed by atoms with Crippen LogP contribution >= 0.6 is 11.8 Å². The molecule has 1 aromatic rings. The highest BCUT2D eigenvalue weighted by atomic mass is 32.2. The van der Waals surface area contributed by atoms with E-state index in [0.29, 0.717) is 11.5 Å². The first kappa shape index (κ1) is 6.72. The minimum Gasteiger partial charge on any atom is -0.476 e. The van der Waals surface area contributed by atoms with Crippen LogP contribution in [0.1, 0.15) is 21.8 Å². The Morgan fingerprint density at radius 1 is 1.64 bits per heavy atom. The highest BCUT2D eigenvalue weighted by Crippen LogP contribution is 2.31. The summed E-state index contributed by atoms with van der Waals surface area (Å²) in [5.41, 5.74) is 0.826. The van der Waals surface area contributed by atoms with Crippen molar-refractivity contribution >= 4 is 17.7 Å². The molecule has 0 aromatic carbocycles. The zero-order chi connectivity index (χ0) is 7.84. The Labute approximate surface area is 66.6 Å². The van der Waals surface area contributed by atoms with Crippen LogP contribution in [0.3, 0.4) is 0 Å². The van der Waals surface area contributed by atoms with Crippen molar-refractivity contribution in [3.05, 3.63) is 17.0 Å². The SMILES string of the molecule is O=C(O)c1noc2c1CSC2. The third-order valence-corrected chi connectivity index (χ3v) is 2.51. The smallest absolute Gasteiger partial charge is 0.358 e. The molecule has 1 N–H and O–H groups in total. The molecule has 1 aromatic heterocycles. The van der Waals surface area contributed by atoms with E-state index in [1.807, 2.05) is 0 Å². The largest absolute Gasteiger partial charge is 0.476 e. The Kier molecular flexibility index (Phi) is 1.38. The Morgan fingerprint density at radius 2 is 2.45 bits per heavy atom. The van der Waals surface area contributed by atoms with Gasteiger partial charge in [-0.25, -0.2) is 4.79 Å². The molecule has 5 heteroatoms. The second-order valence-corrected chi connectivity index (χ2v) is 3.22. The summed E-state index contributed by atoms with van der Waals surface area (Å²) in [5.74, 6) is 1.17. The van der Waals surface area contributed by atoms with Gasteiger partial charge in [0.15, 0.2) is 11.5 Å². The van der Waals surface area contributed by atoms with Crippen LogP contribution in [0.2, 0.25) is 0 Å². The van der Waals surface area contributed by atoms with E-state index in [9.17, 15) is 4.79 Å². The van der Waals surface area contributed by atoms with Crippen LogP contribution in [0.25, 0.3) is 0 Å². The van der Waals surface area contributed by atoms with Gasteiger partial charge in [0.2, 0.25) is 0 Å². The van der Waals surface area contributed by atoms with Crippen molar-refractivity contribution in [2.45, 2.75) is 11.5 Å². The van der Waals surface area contributed by atoms with E-state index in [4.69, 9.17) is 9.63 Å². The molecule has 0 fully saturated rings. The monoisotopic (exact) mass is 171 g/mol. The van der Waals surface area contributed by atoms with Gasteiger partial charge >= 0.3 is 5.97 Å². The van der Waals surface area contributed by atoms with Crippen LogP contribution in [0.15, 0.2) is 4.52 Å². The Balaban J connectivity index is 2.50. The number of fused-ring (bicyclic) bond motifs is 1. The molecule has 1 aliphatic rings. The second-order valence-electron chi connectivity index (χ2n) is 2.23. The van der Waals surface area contributed by atoms with E-state index in [2.05, 4.69) is 5.16 Å². The van der Waals surface area contributed by atoms with Crippen LogP contribution in [0.5, 0.6) is 0 Å². The summed E-state index contributed by atoms with van der Waals surface area (Å²) in [7, 11) is 0. The van der Waals surface area contributed by atoms with Gasteiger partial charge in [-0.1, -0.05) is 5.16 Å². The first-order chi connectivity index (χ1) is 5.29. The van der Waals surface area contributed by atoms with Crippen molar-refractivity contribution in [1.29, 1.82) is 0 Å². The van der Waals surface area contributed by atoms with E-state index in [1.54, 1.807) is 11.8 Å². The molecule has 0 radical (unpaired) electrons.